The molecule has 0 unspecified atom stereocenters. The van der Waals surface area contributed by atoms with Crippen molar-refractivity contribution in [3.05, 3.63) is 68.7 Å². The summed E-state index contributed by atoms with van der Waals surface area (Å²) < 4.78 is 27.0. The predicted octanol–water partition coefficient (Wildman–Crippen LogP) is 4.81. The van der Waals surface area contributed by atoms with Gasteiger partial charge in [0.05, 0.1) is 5.56 Å². The molecule has 0 aliphatic heterocycles. The van der Waals surface area contributed by atoms with Gasteiger partial charge in [0.1, 0.15) is 11.6 Å². The Bertz CT molecular complexity index is 643. The lowest BCUT2D eigenvalue weighted by molar-refractivity contribution is 0.0989. The summed E-state index contributed by atoms with van der Waals surface area (Å²) in [7, 11) is 0. The van der Waals surface area contributed by atoms with Crippen LogP contribution in [0, 0.1) is 11.6 Å². The lowest BCUT2D eigenvalue weighted by atomic mass is 10.0. The Morgan fingerprint density at radius 3 is 2.53 bits per heavy atom. The van der Waals surface area contributed by atoms with Gasteiger partial charge < -0.3 is 0 Å². The van der Waals surface area contributed by atoms with Crippen molar-refractivity contribution in [3.63, 3.8) is 0 Å². The summed E-state index contributed by atoms with van der Waals surface area (Å²) >= 11 is 8.80. The summed E-state index contributed by atoms with van der Waals surface area (Å²) in [5.41, 5.74) is 0.571. The van der Waals surface area contributed by atoms with Crippen molar-refractivity contribution in [2.24, 2.45) is 0 Å². The monoisotopic (exact) mass is 344 g/mol. The Kier molecular flexibility index (Phi) is 4.32. The van der Waals surface area contributed by atoms with E-state index in [0.29, 0.717) is 10.0 Å². The van der Waals surface area contributed by atoms with Crippen LogP contribution in [0.4, 0.5) is 8.78 Å². The molecular formula is C14H8BrClF2O. The fraction of sp³-hybridized carbons (Fsp3) is 0.0714. The van der Waals surface area contributed by atoms with E-state index >= 15 is 0 Å². The number of ketones is 1. The zero-order valence-corrected chi connectivity index (χ0v) is 11.9. The van der Waals surface area contributed by atoms with Crippen LogP contribution in [0.2, 0.25) is 5.02 Å². The maximum atomic E-state index is 13.6. The Morgan fingerprint density at radius 2 is 1.89 bits per heavy atom. The molecule has 0 heterocycles. The summed E-state index contributed by atoms with van der Waals surface area (Å²) in [5, 5.41) is 0.233. The average Bonchev–Trinajstić information content (AvgIpc) is 2.32. The summed E-state index contributed by atoms with van der Waals surface area (Å²) in [4.78, 5) is 12.0. The summed E-state index contributed by atoms with van der Waals surface area (Å²) in [6.07, 6.45) is -0.0145. The molecule has 5 heteroatoms. The number of halogens is 4. The van der Waals surface area contributed by atoms with E-state index < -0.39 is 11.6 Å². The minimum atomic E-state index is -0.657. The molecule has 0 radical (unpaired) electrons. The topological polar surface area (TPSA) is 17.1 Å². The van der Waals surface area contributed by atoms with Crippen LogP contribution in [-0.4, -0.2) is 5.78 Å². The van der Waals surface area contributed by atoms with Gasteiger partial charge in [-0.05, 0) is 35.9 Å². The number of benzene rings is 2. The third kappa shape index (κ3) is 3.39. The van der Waals surface area contributed by atoms with Crippen LogP contribution in [0.15, 0.2) is 40.9 Å². The van der Waals surface area contributed by atoms with Crippen molar-refractivity contribution in [2.75, 3.05) is 0 Å². The van der Waals surface area contributed by atoms with Crippen molar-refractivity contribution in [3.8, 4) is 0 Å². The normalized spacial score (nSPS) is 10.5. The van der Waals surface area contributed by atoms with Gasteiger partial charge in [-0.25, -0.2) is 8.78 Å². The first-order valence-corrected chi connectivity index (χ1v) is 6.56. The first-order chi connectivity index (χ1) is 8.97. The molecule has 0 spiro atoms. The van der Waals surface area contributed by atoms with Crippen molar-refractivity contribution < 1.29 is 13.6 Å². The third-order valence-corrected chi connectivity index (χ3v) is 3.57. The molecule has 0 N–H and O–H groups in total. The zero-order valence-electron chi connectivity index (χ0n) is 9.59. The average molecular weight is 346 g/mol. The number of hydrogen-bond acceptors (Lipinski definition) is 1. The van der Waals surface area contributed by atoms with E-state index in [9.17, 15) is 13.6 Å². The Balaban J connectivity index is 2.25. The van der Waals surface area contributed by atoms with Gasteiger partial charge in [0.2, 0.25) is 0 Å². The number of carbonyl (C=O) groups is 1. The fourth-order valence-corrected chi connectivity index (χ4v) is 2.30. The number of rotatable bonds is 3. The Morgan fingerprint density at radius 1 is 1.16 bits per heavy atom. The van der Waals surface area contributed by atoms with Crippen LogP contribution in [0.3, 0.4) is 0 Å². The molecule has 0 bridgehead atoms. The van der Waals surface area contributed by atoms with Crippen LogP contribution < -0.4 is 0 Å². The molecule has 19 heavy (non-hydrogen) atoms. The second-order valence-electron chi connectivity index (χ2n) is 3.96. The molecule has 0 amide bonds. The van der Waals surface area contributed by atoms with E-state index in [-0.39, 0.29) is 22.8 Å². The van der Waals surface area contributed by atoms with Crippen molar-refractivity contribution in [2.45, 2.75) is 6.42 Å². The molecule has 0 aliphatic rings. The van der Waals surface area contributed by atoms with Gasteiger partial charge in [0.25, 0.3) is 0 Å². The van der Waals surface area contributed by atoms with Gasteiger partial charge in [-0.15, -0.1) is 0 Å². The Hall–Kier alpha value is -1.26. The van der Waals surface area contributed by atoms with Gasteiger partial charge in [0.15, 0.2) is 5.78 Å². The van der Waals surface area contributed by atoms with E-state index in [1.165, 1.54) is 30.3 Å². The van der Waals surface area contributed by atoms with Gasteiger partial charge >= 0.3 is 0 Å². The molecule has 0 fully saturated rings. The SMILES string of the molecule is O=C(Cc1ccc(F)cc1Br)c1ccc(Cl)cc1F. The third-order valence-electron chi connectivity index (χ3n) is 2.60. The minimum Gasteiger partial charge on any atom is -0.294 e. The highest BCUT2D eigenvalue weighted by molar-refractivity contribution is 9.10. The van der Waals surface area contributed by atoms with E-state index in [1.54, 1.807) is 0 Å². The lowest BCUT2D eigenvalue weighted by Crippen LogP contribution is -2.06. The van der Waals surface area contributed by atoms with Gasteiger partial charge in [-0.2, -0.15) is 0 Å². The summed E-state index contributed by atoms with van der Waals surface area (Å²) in [5.74, 6) is -1.45. The van der Waals surface area contributed by atoms with Gasteiger partial charge in [-0.1, -0.05) is 33.6 Å². The first kappa shape index (κ1) is 14.2. The van der Waals surface area contributed by atoms with Crippen LogP contribution in [-0.2, 0) is 6.42 Å². The highest BCUT2D eigenvalue weighted by Gasteiger charge is 2.14. The highest BCUT2D eigenvalue weighted by Crippen LogP contribution is 2.21. The molecule has 0 aliphatic carbocycles. The van der Waals surface area contributed by atoms with Crippen molar-refractivity contribution >= 4 is 33.3 Å². The fourth-order valence-electron chi connectivity index (χ4n) is 1.65. The summed E-state index contributed by atoms with van der Waals surface area (Å²) in [6, 6.07) is 7.90. The van der Waals surface area contributed by atoms with Gasteiger partial charge in [0, 0.05) is 15.9 Å². The number of Topliss-reactive ketones (excluding diaryl/α,β-unsaturated/α-hetero) is 1. The van der Waals surface area contributed by atoms with Crippen molar-refractivity contribution in [1.29, 1.82) is 0 Å². The Labute approximate surface area is 122 Å². The molecule has 2 rings (SSSR count). The lowest BCUT2D eigenvalue weighted by Gasteiger charge is -2.05. The quantitative estimate of drug-likeness (QED) is 0.730. The van der Waals surface area contributed by atoms with Crippen LogP contribution in [0.1, 0.15) is 15.9 Å². The highest BCUT2D eigenvalue weighted by atomic mass is 79.9. The molecular weight excluding hydrogens is 338 g/mol. The van der Waals surface area contributed by atoms with E-state index in [1.807, 2.05) is 0 Å². The van der Waals surface area contributed by atoms with E-state index in [4.69, 9.17) is 11.6 Å². The molecule has 1 nitrogen and oxygen atoms in total. The molecule has 0 atom stereocenters. The van der Waals surface area contributed by atoms with Crippen LogP contribution in [0.5, 0.6) is 0 Å². The molecule has 98 valence electrons. The zero-order chi connectivity index (χ0) is 14.0. The summed E-state index contributed by atoms with van der Waals surface area (Å²) in [6.45, 7) is 0. The maximum absolute atomic E-state index is 13.6. The molecule has 0 saturated heterocycles. The van der Waals surface area contributed by atoms with Crippen LogP contribution >= 0.6 is 27.5 Å². The molecule has 0 saturated carbocycles. The second-order valence-corrected chi connectivity index (χ2v) is 5.25. The smallest absolute Gasteiger partial charge is 0.170 e. The molecule has 2 aromatic rings. The molecule has 2 aromatic carbocycles. The first-order valence-electron chi connectivity index (χ1n) is 5.39. The maximum Gasteiger partial charge on any atom is 0.170 e. The number of carbonyl (C=O) groups excluding carboxylic acids is 1. The number of hydrogen-bond donors (Lipinski definition) is 0. The van der Waals surface area contributed by atoms with Crippen molar-refractivity contribution in [1.82, 2.24) is 0 Å². The van der Waals surface area contributed by atoms with E-state index in [0.717, 1.165) is 6.07 Å². The van der Waals surface area contributed by atoms with E-state index in [2.05, 4.69) is 15.9 Å². The predicted molar refractivity (Wildman–Crippen MR) is 73.5 cm³/mol. The second kappa shape index (κ2) is 5.80. The standard InChI is InChI=1S/C14H8BrClF2O/c15-12-7-10(17)3-1-8(12)5-14(19)11-4-2-9(16)6-13(11)18/h1-4,6-7H,5H2. The van der Waals surface area contributed by atoms with Crippen LogP contribution in [0.25, 0.3) is 0 Å². The van der Waals surface area contributed by atoms with Gasteiger partial charge in [-0.3, -0.25) is 4.79 Å². The minimum absolute atomic E-state index is 0.0145. The molecule has 0 aromatic heterocycles. The largest absolute Gasteiger partial charge is 0.294 e.